The summed E-state index contributed by atoms with van der Waals surface area (Å²) in [6, 6.07) is 2.17. The van der Waals surface area contributed by atoms with Gasteiger partial charge in [0.1, 0.15) is 0 Å². The highest BCUT2D eigenvalue weighted by Crippen LogP contribution is 2.60. The summed E-state index contributed by atoms with van der Waals surface area (Å²) in [5.41, 5.74) is 2.05. The summed E-state index contributed by atoms with van der Waals surface area (Å²) in [4.78, 5) is 12.0. The summed E-state index contributed by atoms with van der Waals surface area (Å²) < 4.78 is 5.56. The maximum absolute atomic E-state index is 12.0. The van der Waals surface area contributed by atoms with Gasteiger partial charge in [-0.2, -0.15) is 0 Å². The number of carbonyl (C=O) groups is 1. The number of methoxy groups -OCH3 is 1. The number of aromatic hydroxyl groups is 1. The zero-order chi connectivity index (χ0) is 18.6. The highest BCUT2D eigenvalue weighted by molar-refractivity contribution is 5.75. The lowest BCUT2D eigenvalue weighted by molar-refractivity contribution is -0.157. The maximum atomic E-state index is 12.0. The van der Waals surface area contributed by atoms with E-state index in [1.165, 1.54) is 0 Å². The molecular weight excluding hydrogens is 316 g/mol. The van der Waals surface area contributed by atoms with Crippen molar-refractivity contribution in [2.75, 3.05) is 7.11 Å². The lowest BCUT2D eigenvalue weighted by Gasteiger charge is -2.53. The van der Waals surface area contributed by atoms with E-state index in [2.05, 4.69) is 26.8 Å². The Morgan fingerprint density at radius 2 is 2.00 bits per heavy atom. The van der Waals surface area contributed by atoms with Crippen LogP contribution in [0.5, 0.6) is 11.5 Å². The fraction of sp³-hybridized carbons (Fsp3) is 0.667. The molecular formula is C21H30O4. The first-order valence-electron chi connectivity index (χ1n) is 9.33. The number of phenolic OH excluding ortho intramolecular Hbond substituents is 1. The van der Waals surface area contributed by atoms with Crippen LogP contribution in [0, 0.1) is 11.3 Å². The van der Waals surface area contributed by atoms with Crippen LogP contribution in [0.4, 0.5) is 0 Å². The van der Waals surface area contributed by atoms with Gasteiger partial charge in [-0.15, -0.1) is 0 Å². The molecule has 0 aromatic heterocycles. The quantitative estimate of drug-likeness (QED) is 0.838. The number of hydrogen-bond acceptors (Lipinski definition) is 3. The molecule has 0 saturated heterocycles. The smallest absolute Gasteiger partial charge is 0.309 e. The van der Waals surface area contributed by atoms with Gasteiger partial charge in [-0.3, -0.25) is 4.79 Å². The molecule has 0 aliphatic heterocycles. The van der Waals surface area contributed by atoms with Gasteiger partial charge in [-0.1, -0.05) is 33.3 Å². The topological polar surface area (TPSA) is 66.8 Å². The van der Waals surface area contributed by atoms with E-state index in [0.717, 1.165) is 42.4 Å². The standard InChI is InChI=1S/C21H30O4/c1-12(2)14-11-13-7-8-15-20(3,16(13)17(22)18(14)25-5)9-6-10-21(15,4)19(23)24/h11-12,15,22H,6-10H2,1-5H3,(H,23,24). The average molecular weight is 346 g/mol. The molecule has 0 spiro atoms. The molecule has 0 heterocycles. The molecule has 1 saturated carbocycles. The van der Waals surface area contributed by atoms with E-state index in [4.69, 9.17) is 4.74 Å². The fourth-order valence-corrected chi connectivity index (χ4v) is 5.57. The molecule has 4 heteroatoms. The van der Waals surface area contributed by atoms with Gasteiger partial charge in [0.25, 0.3) is 0 Å². The van der Waals surface area contributed by atoms with Crippen molar-refractivity contribution in [1.29, 1.82) is 0 Å². The predicted octanol–water partition coefficient (Wildman–Crippen LogP) is 4.62. The van der Waals surface area contributed by atoms with E-state index in [-0.39, 0.29) is 23.0 Å². The summed E-state index contributed by atoms with van der Waals surface area (Å²) >= 11 is 0. The Morgan fingerprint density at radius 1 is 1.32 bits per heavy atom. The number of phenols is 1. The number of ether oxygens (including phenoxy) is 1. The zero-order valence-electron chi connectivity index (χ0n) is 16.0. The van der Waals surface area contributed by atoms with Crippen LogP contribution in [0.2, 0.25) is 0 Å². The molecule has 0 radical (unpaired) electrons. The third-order valence-corrected chi connectivity index (χ3v) is 6.88. The van der Waals surface area contributed by atoms with E-state index < -0.39 is 11.4 Å². The molecule has 1 fully saturated rings. The van der Waals surface area contributed by atoms with Crippen LogP contribution in [-0.4, -0.2) is 23.3 Å². The third kappa shape index (κ3) is 2.44. The molecule has 1 aromatic carbocycles. The van der Waals surface area contributed by atoms with Crippen LogP contribution in [0.3, 0.4) is 0 Å². The number of hydrogen-bond donors (Lipinski definition) is 2. The number of benzene rings is 1. The van der Waals surface area contributed by atoms with Crippen molar-refractivity contribution in [3.05, 3.63) is 22.8 Å². The number of aryl methyl sites for hydroxylation is 1. The molecule has 2 aliphatic rings. The Morgan fingerprint density at radius 3 is 2.56 bits per heavy atom. The van der Waals surface area contributed by atoms with Crippen molar-refractivity contribution >= 4 is 5.97 Å². The minimum atomic E-state index is -0.735. The Labute approximate surface area is 150 Å². The maximum Gasteiger partial charge on any atom is 0.309 e. The van der Waals surface area contributed by atoms with E-state index in [1.807, 2.05) is 6.92 Å². The second-order valence-corrected chi connectivity index (χ2v) is 8.62. The number of rotatable bonds is 3. The molecule has 0 amide bonds. The third-order valence-electron chi connectivity index (χ3n) is 6.88. The second kappa shape index (κ2) is 5.93. The van der Waals surface area contributed by atoms with Gasteiger partial charge in [-0.05, 0) is 50.0 Å². The zero-order valence-corrected chi connectivity index (χ0v) is 16.0. The number of carboxylic acid groups (broad SMARTS) is 1. The first-order valence-corrected chi connectivity index (χ1v) is 9.33. The number of carboxylic acids is 1. The number of fused-ring (bicyclic) bond motifs is 3. The van der Waals surface area contributed by atoms with Gasteiger partial charge in [0.05, 0.1) is 12.5 Å². The molecule has 3 rings (SSSR count). The van der Waals surface area contributed by atoms with Gasteiger partial charge in [0.15, 0.2) is 11.5 Å². The Bertz CT molecular complexity index is 708. The van der Waals surface area contributed by atoms with Crippen molar-refractivity contribution in [3.63, 3.8) is 0 Å². The van der Waals surface area contributed by atoms with E-state index >= 15 is 0 Å². The minimum Gasteiger partial charge on any atom is -0.504 e. The second-order valence-electron chi connectivity index (χ2n) is 8.62. The molecule has 3 atom stereocenters. The molecule has 25 heavy (non-hydrogen) atoms. The SMILES string of the molecule is COc1c(C(C)C)cc2c(c1O)C1(C)CCCC(C)(C(=O)O)C1CC2. The van der Waals surface area contributed by atoms with E-state index in [9.17, 15) is 15.0 Å². The highest BCUT2D eigenvalue weighted by atomic mass is 16.5. The lowest BCUT2D eigenvalue weighted by Crippen LogP contribution is -2.52. The van der Waals surface area contributed by atoms with Crippen LogP contribution < -0.4 is 4.74 Å². The van der Waals surface area contributed by atoms with E-state index in [0.29, 0.717) is 12.2 Å². The summed E-state index contributed by atoms with van der Waals surface area (Å²) in [7, 11) is 1.60. The first-order chi connectivity index (χ1) is 11.7. The Balaban J connectivity index is 2.22. The highest BCUT2D eigenvalue weighted by Gasteiger charge is 2.56. The molecule has 2 N–H and O–H groups in total. The van der Waals surface area contributed by atoms with Gasteiger partial charge < -0.3 is 14.9 Å². The number of aliphatic carboxylic acids is 1. The van der Waals surface area contributed by atoms with Crippen LogP contribution in [0.15, 0.2) is 6.07 Å². The van der Waals surface area contributed by atoms with Crippen molar-refractivity contribution in [3.8, 4) is 11.5 Å². The lowest BCUT2D eigenvalue weighted by atomic mass is 9.49. The van der Waals surface area contributed by atoms with Crippen LogP contribution >= 0.6 is 0 Å². The van der Waals surface area contributed by atoms with Crippen molar-refractivity contribution in [2.24, 2.45) is 11.3 Å². The molecule has 1 aromatic rings. The van der Waals surface area contributed by atoms with Gasteiger partial charge in [0, 0.05) is 16.5 Å². The van der Waals surface area contributed by atoms with Crippen LogP contribution in [0.25, 0.3) is 0 Å². The summed E-state index contributed by atoms with van der Waals surface area (Å²) in [5, 5.41) is 21.0. The molecule has 3 unspecified atom stereocenters. The Hall–Kier alpha value is -1.71. The first kappa shape index (κ1) is 18.1. The summed E-state index contributed by atoms with van der Waals surface area (Å²) in [6.45, 7) is 8.22. The normalized spacial score (nSPS) is 31.4. The van der Waals surface area contributed by atoms with Gasteiger partial charge >= 0.3 is 5.97 Å². The van der Waals surface area contributed by atoms with Crippen LogP contribution in [0.1, 0.15) is 76.0 Å². The Kier molecular flexibility index (Phi) is 4.29. The summed E-state index contributed by atoms with van der Waals surface area (Å²) in [6.07, 6.45) is 4.15. The fourth-order valence-electron chi connectivity index (χ4n) is 5.57. The van der Waals surface area contributed by atoms with Gasteiger partial charge in [-0.25, -0.2) is 0 Å². The molecule has 0 bridgehead atoms. The van der Waals surface area contributed by atoms with Gasteiger partial charge in [0.2, 0.25) is 0 Å². The van der Waals surface area contributed by atoms with Crippen molar-refractivity contribution < 1.29 is 19.7 Å². The van der Waals surface area contributed by atoms with Crippen molar-refractivity contribution in [1.82, 2.24) is 0 Å². The average Bonchev–Trinajstić information content (AvgIpc) is 2.53. The minimum absolute atomic E-state index is 0.0271. The predicted molar refractivity (Wildman–Crippen MR) is 97.5 cm³/mol. The summed E-state index contributed by atoms with van der Waals surface area (Å²) in [5.74, 6) is 0.354. The van der Waals surface area contributed by atoms with Crippen LogP contribution in [-0.2, 0) is 16.6 Å². The largest absolute Gasteiger partial charge is 0.504 e. The molecule has 4 nitrogen and oxygen atoms in total. The molecule has 138 valence electrons. The van der Waals surface area contributed by atoms with Crippen molar-refractivity contribution in [2.45, 2.75) is 71.1 Å². The van der Waals surface area contributed by atoms with E-state index in [1.54, 1.807) is 7.11 Å². The monoisotopic (exact) mass is 346 g/mol. The molecule has 2 aliphatic carbocycles.